The summed E-state index contributed by atoms with van der Waals surface area (Å²) in [5.74, 6) is 2.17. The molecule has 0 aromatic heterocycles. The summed E-state index contributed by atoms with van der Waals surface area (Å²) in [6.07, 6.45) is 0. The minimum absolute atomic E-state index is 0.592. The van der Waals surface area contributed by atoms with E-state index < -0.39 is 0 Å². The van der Waals surface area contributed by atoms with E-state index in [-0.39, 0.29) is 0 Å². The van der Waals surface area contributed by atoms with Crippen molar-refractivity contribution in [3.05, 3.63) is 24.3 Å². The number of hydrogen-bond acceptors (Lipinski definition) is 2. The molecule has 62 valence electrons. The van der Waals surface area contributed by atoms with Crippen molar-refractivity contribution in [3.8, 4) is 5.75 Å². The number of hydrogen-bond donors (Lipinski definition) is 0. The average molecular weight is 240 g/mol. The van der Waals surface area contributed by atoms with Crippen molar-refractivity contribution in [1.29, 1.82) is 0 Å². The van der Waals surface area contributed by atoms with Crippen LogP contribution in [0, 0.1) is 0 Å². The molecule has 0 spiro atoms. The number of thioether (sulfide) groups is 1. The monoisotopic (exact) mass is 240 g/mol. The number of benzene rings is 1. The summed E-state index contributed by atoms with van der Waals surface area (Å²) in [5.41, 5.74) is 0. The molecule has 0 fully saturated rings. The topological polar surface area (TPSA) is 9.23 Å². The molecule has 0 saturated carbocycles. The Balaban J connectivity index is 2.26. The molecule has 0 N–H and O–H groups in total. The van der Waals surface area contributed by atoms with Gasteiger partial charge in [0.15, 0.2) is 0 Å². The fourth-order valence-electron chi connectivity index (χ4n) is 1.11. The average Bonchev–Trinajstić information content (AvgIpc) is 2.29. The summed E-state index contributed by atoms with van der Waals surface area (Å²) in [5, 5.41) is 0. The molecule has 1 aromatic rings. The van der Waals surface area contributed by atoms with Crippen LogP contribution in [0.15, 0.2) is 29.2 Å². The molecule has 2 radical (unpaired) electrons. The second-order valence-electron chi connectivity index (χ2n) is 2.72. The molecule has 1 atom stereocenters. The molecule has 1 aliphatic heterocycles. The van der Waals surface area contributed by atoms with Crippen LogP contribution in [0.2, 0.25) is 4.71 Å². The van der Waals surface area contributed by atoms with Crippen LogP contribution >= 0.6 is 11.8 Å². The van der Waals surface area contributed by atoms with E-state index in [1.807, 2.05) is 23.9 Å². The Kier molecular flexibility index (Phi) is 2.67. The van der Waals surface area contributed by atoms with Gasteiger partial charge in [0.25, 0.3) is 0 Å². The molecular weight excluding hydrogens is 231 g/mol. The van der Waals surface area contributed by atoms with Gasteiger partial charge >= 0.3 is 85.3 Å². The van der Waals surface area contributed by atoms with Gasteiger partial charge in [-0.2, -0.15) is 0 Å². The Morgan fingerprint density at radius 1 is 1.42 bits per heavy atom. The first-order chi connectivity index (χ1) is 5.86. The zero-order chi connectivity index (χ0) is 8.39. The predicted octanol–water partition coefficient (Wildman–Crippen LogP) is 2.13. The SMILES string of the molecule is [As][C@@H]1COc2ccccc2SC1. The van der Waals surface area contributed by atoms with Gasteiger partial charge in [-0.25, -0.2) is 0 Å². The van der Waals surface area contributed by atoms with E-state index in [1.165, 1.54) is 4.90 Å². The standard InChI is InChI=1S/C9H9AsOS/c10-7-5-11-8-3-1-2-4-9(8)12-6-7/h1-4,7H,5-6H2/t7-/m1/s1. The van der Waals surface area contributed by atoms with Gasteiger partial charge in [-0.3, -0.25) is 0 Å². The fourth-order valence-corrected chi connectivity index (χ4v) is 2.65. The van der Waals surface area contributed by atoms with Crippen molar-refractivity contribution in [2.75, 3.05) is 12.4 Å². The van der Waals surface area contributed by atoms with Crippen LogP contribution in [0.5, 0.6) is 5.75 Å². The molecule has 1 aromatic carbocycles. The third-order valence-electron chi connectivity index (χ3n) is 1.71. The zero-order valence-electron chi connectivity index (χ0n) is 6.56. The van der Waals surface area contributed by atoms with Crippen molar-refractivity contribution in [2.24, 2.45) is 0 Å². The summed E-state index contributed by atoms with van der Waals surface area (Å²) in [6.45, 7) is 0.823. The summed E-state index contributed by atoms with van der Waals surface area (Å²) in [4.78, 5) is 1.27. The van der Waals surface area contributed by atoms with E-state index in [9.17, 15) is 0 Å². The normalized spacial score (nSPS) is 22.2. The van der Waals surface area contributed by atoms with E-state index >= 15 is 0 Å². The zero-order valence-corrected chi connectivity index (χ0v) is 9.26. The summed E-state index contributed by atoms with van der Waals surface area (Å²) < 4.78 is 6.22. The van der Waals surface area contributed by atoms with Crippen molar-refractivity contribution >= 4 is 28.6 Å². The first-order valence-electron chi connectivity index (χ1n) is 3.89. The molecule has 1 nitrogen and oxygen atoms in total. The van der Waals surface area contributed by atoms with E-state index in [2.05, 4.69) is 29.0 Å². The van der Waals surface area contributed by atoms with Crippen LogP contribution in [0.3, 0.4) is 0 Å². The van der Waals surface area contributed by atoms with Gasteiger partial charge in [0.1, 0.15) is 0 Å². The Labute approximate surface area is 85.4 Å². The van der Waals surface area contributed by atoms with Crippen LogP contribution in [-0.4, -0.2) is 29.2 Å². The van der Waals surface area contributed by atoms with Gasteiger partial charge in [0.2, 0.25) is 0 Å². The Hall–Kier alpha value is -0.0716. The summed E-state index contributed by atoms with van der Waals surface area (Å²) >= 11 is 4.54. The number of para-hydroxylation sites is 1. The first kappa shape index (κ1) is 8.52. The summed E-state index contributed by atoms with van der Waals surface area (Å²) in [7, 11) is 0. The van der Waals surface area contributed by atoms with Gasteiger partial charge < -0.3 is 0 Å². The van der Waals surface area contributed by atoms with E-state index in [4.69, 9.17) is 4.74 Å². The molecule has 0 unspecified atom stereocenters. The Morgan fingerprint density at radius 2 is 2.25 bits per heavy atom. The molecule has 1 heterocycles. The number of ether oxygens (including phenoxy) is 1. The van der Waals surface area contributed by atoms with Gasteiger partial charge in [-0.05, 0) is 0 Å². The number of rotatable bonds is 0. The predicted molar refractivity (Wildman–Crippen MR) is 52.2 cm³/mol. The second kappa shape index (κ2) is 3.76. The first-order valence-corrected chi connectivity index (χ1v) is 5.96. The molecule has 0 amide bonds. The van der Waals surface area contributed by atoms with Crippen LogP contribution in [0.4, 0.5) is 0 Å². The molecule has 0 saturated heterocycles. The quantitative estimate of drug-likeness (QED) is 0.642. The maximum absolute atomic E-state index is 5.62. The molecule has 2 rings (SSSR count). The molecule has 0 aliphatic carbocycles. The third kappa shape index (κ3) is 1.81. The molecule has 12 heavy (non-hydrogen) atoms. The fraction of sp³-hybridized carbons (Fsp3) is 0.333. The maximum atomic E-state index is 5.62. The van der Waals surface area contributed by atoms with E-state index in [0.29, 0.717) is 4.71 Å². The van der Waals surface area contributed by atoms with Crippen LogP contribution in [0.25, 0.3) is 0 Å². The van der Waals surface area contributed by atoms with Gasteiger partial charge in [0.05, 0.1) is 0 Å². The van der Waals surface area contributed by atoms with Gasteiger partial charge in [-0.1, -0.05) is 0 Å². The van der Waals surface area contributed by atoms with Gasteiger partial charge in [-0.15, -0.1) is 0 Å². The Morgan fingerprint density at radius 3 is 3.17 bits per heavy atom. The number of fused-ring (bicyclic) bond motifs is 1. The van der Waals surface area contributed by atoms with Crippen LogP contribution in [0.1, 0.15) is 0 Å². The summed E-state index contributed by atoms with van der Waals surface area (Å²) in [6, 6.07) is 8.22. The molecule has 1 aliphatic rings. The molecular formula is C9H9AsOS. The minimum atomic E-state index is 0.592. The van der Waals surface area contributed by atoms with Crippen LogP contribution < -0.4 is 4.74 Å². The third-order valence-corrected chi connectivity index (χ3v) is 4.16. The molecule has 3 heteroatoms. The van der Waals surface area contributed by atoms with E-state index in [1.54, 1.807) is 0 Å². The van der Waals surface area contributed by atoms with E-state index in [0.717, 1.165) is 18.1 Å². The van der Waals surface area contributed by atoms with Crippen LogP contribution in [-0.2, 0) is 0 Å². The second-order valence-corrected chi connectivity index (χ2v) is 5.32. The van der Waals surface area contributed by atoms with Crippen molar-refractivity contribution < 1.29 is 4.74 Å². The van der Waals surface area contributed by atoms with Crippen molar-refractivity contribution in [1.82, 2.24) is 0 Å². The molecule has 0 bridgehead atoms. The Bertz CT molecular complexity index is 250. The van der Waals surface area contributed by atoms with Crippen molar-refractivity contribution in [3.63, 3.8) is 0 Å². The van der Waals surface area contributed by atoms with Gasteiger partial charge in [0, 0.05) is 0 Å². The van der Waals surface area contributed by atoms with Crippen molar-refractivity contribution in [2.45, 2.75) is 9.60 Å².